The summed E-state index contributed by atoms with van der Waals surface area (Å²) in [6.45, 7) is 2.71. The third-order valence-corrected chi connectivity index (χ3v) is 2.76. The molecule has 0 spiro atoms. The van der Waals surface area contributed by atoms with Crippen LogP contribution in [0.5, 0.6) is 0 Å². The topological polar surface area (TPSA) is 71.2 Å². The van der Waals surface area contributed by atoms with Gasteiger partial charge in [0.15, 0.2) is 5.82 Å². The summed E-state index contributed by atoms with van der Waals surface area (Å²) in [6.07, 6.45) is 3.82. The SMILES string of the molecule is CCN(C(=O)c1cccnc1NN)C1CC1. The first-order valence-electron chi connectivity index (χ1n) is 5.50. The highest BCUT2D eigenvalue weighted by atomic mass is 16.2. The van der Waals surface area contributed by atoms with Crippen molar-refractivity contribution in [1.29, 1.82) is 0 Å². The van der Waals surface area contributed by atoms with E-state index < -0.39 is 0 Å². The molecule has 5 nitrogen and oxygen atoms in total. The molecule has 1 aliphatic carbocycles. The Balaban J connectivity index is 2.24. The monoisotopic (exact) mass is 220 g/mol. The summed E-state index contributed by atoms with van der Waals surface area (Å²) in [6, 6.07) is 3.90. The lowest BCUT2D eigenvalue weighted by Crippen LogP contribution is -2.33. The van der Waals surface area contributed by atoms with Gasteiger partial charge in [-0.25, -0.2) is 10.8 Å². The highest BCUT2D eigenvalue weighted by Crippen LogP contribution is 2.28. The minimum Gasteiger partial charge on any atom is -0.336 e. The van der Waals surface area contributed by atoms with E-state index in [0.29, 0.717) is 17.4 Å². The Morgan fingerprint density at radius 2 is 2.44 bits per heavy atom. The summed E-state index contributed by atoms with van der Waals surface area (Å²) in [5.41, 5.74) is 3.00. The standard InChI is InChI=1S/C11H16N4O/c1-2-15(8-5-6-8)11(16)9-4-3-7-13-10(9)14-12/h3-4,7-8H,2,5-6,12H2,1H3,(H,13,14). The van der Waals surface area contributed by atoms with E-state index >= 15 is 0 Å². The molecule has 0 saturated heterocycles. The van der Waals surface area contributed by atoms with Crippen LogP contribution in [0.1, 0.15) is 30.1 Å². The third-order valence-electron chi connectivity index (χ3n) is 2.76. The van der Waals surface area contributed by atoms with Gasteiger partial charge in [0.1, 0.15) is 0 Å². The van der Waals surface area contributed by atoms with Gasteiger partial charge in [0.2, 0.25) is 0 Å². The van der Waals surface area contributed by atoms with Crippen LogP contribution in [0.15, 0.2) is 18.3 Å². The highest BCUT2D eigenvalue weighted by Gasteiger charge is 2.32. The quantitative estimate of drug-likeness (QED) is 0.586. The lowest BCUT2D eigenvalue weighted by atomic mass is 10.2. The van der Waals surface area contributed by atoms with E-state index in [2.05, 4.69) is 10.4 Å². The van der Waals surface area contributed by atoms with Crippen molar-refractivity contribution in [3.63, 3.8) is 0 Å². The van der Waals surface area contributed by atoms with E-state index in [0.717, 1.165) is 19.4 Å². The Kier molecular flexibility index (Phi) is 3.05. The number of nitrogens with zero attached hydrogens (tertiary/aromatic N) is 2. The Morgan fingerprint density at radius 3 is 3.00 bits per heavy atom. The number of pyridine rings is 1. The molecular weight excluding hydrogens is 204 g/mol. The van der Waals surface area contributed by atoms with E-state index in [-0.39, 0.29) is 5.91 Å². The molecule has 0 aromatic carbocycles. The molecule has 1 aromatic heterocycles. The number of hydrogen-bond acceptors (Lipinski definition) is 4. The van der Waals surface area contributed by atoms with Gasteiger partial charge < -0.3 is 10.3 Å². The maximum atomic E-state index is 12.2. The van der Waals surface area contributed by atoms with E-state index in [1.54, 1.807) is 18.3 Å². The van der Waals surface area contributed by atoms with E-state index in [1.165, 1.54) is 0 Å². The number of rotatable bonds is 4. The maximum Gasteiger partial charge on any atom is 0.257 e. The number of nitrogens with two attached hydrogens (primary N) is 1. The molecule has 86 valence electrons. The van der Waals surface area contributed by atoms with Crippen molar-refractivity contribution in [3.8, 4) is 0 Å². The van der Waals surface area contributed by atoms with Crippen molar-refractivity contribution in [2.45, 2.75) is 25.8 Å². The summed E-state index contributed by atoms with van der Waals surface area (Å²) in [4.78, 5) is 18.1. The summed E-state index contributed by atoms with van der Waals surface area (Å²) < 4.78 is 0. The van der Waals surface area contributed by atoms with Gasteiger partial charge in [-0.2, -0.15) is 0 Å². The zero-order valence-corrected chi connectivity index (χ0v) is 9.31. The molecule has 5 heteroatoms. The first-order valence-corrected chi connectivity index (χ1v) is 5.50. The summed E-state index contributed by atoms with van der Waals surface area (Å²) >= 11 is 0. The smallest absolute Gasteiger partial charge is 0.257 e. The molecule has 16 heavy (non-hydrogen) atoms. The van der Waals surface area contributed by atoms with Gasteiger partial charge in [0, 0.05) is 18.8 Å². The van der Waals surface area contributed by atoms with Gasteiger partial charge in [-0.05, 0) is 31.9 Å². The minimum atomic E-state index is 0.00560. The fourth-order valence-electron chi connectivity index (χ4n) is 1.80. The van der Waals surface area contributed by atoms with Crippen molar-refractivity contribution in [2.24, 2.45) is 5.84 Å². The molecule has 2 rings (SSSR count). The average molecular weight is 220 g/mol. The number of carbonyl (C=O) groups excluding carboxylic acids is 1. The second-order valence-electron chi connectivity index (χ2n) is 3.87. The molecule has 0 unspecified atom stereocenters. The second-order valence-corrected chi connectivity index (χ2v) is 3.87. The highest BCUT2D eigenvalue weighted by molar-refractivity contribution is 5.98. The fraction of sp³-hybridized carbons (Fsp3) is 0.455. The predicted octanol–water partition coefficient (Wildman–Crippen LogP) is 0.992. The van der Waals surface area contributed by atoms with Crippen molar-refractivity contribution in [3.05, 3.63) is 23.9 Å². The lowest BCUT2D eigenvalue weighted by Gasteiger charge is -2.21. The van der Waals surface area contributed by atoms with Crippen LogP contribution in [0.25, 0.3) is 0 Å². The van der Waals surface area contributed by atoms with Crippen LogP contribution in [0.3, 0.4) is 0 Å². The van der Waals surface area contributed by atoms with Crippen LogP contribution >= 0.6 is 0 Å². The Morgan fingerprint density at radius 1 is 1.69 bits per heavy atom. The second kappa shape index (κ2) is 4.49. The fourth-order valence-corrected chi connectivity index (χ4v) is 1.80. The molecule has 1 aliphatic rings. The molecule has 0 aliphatic heterocycles. The number of amides is 1. The Bertz CT molecular complexity index is 389. The first-order chi connectivity index (χ1) is 7.77. The minimum absolute atomic E-state index is 0.00560. The Hall–Kier alpha value is -1.62. The maximum absolute atomic E-state index is 12.2. The van der Waals surface area contributed by atoms with Crippen LogP contribution in [-0.4, -0.2) is 28.4 Å². The average Bonchev–Trinajstić information content (AvgIpc) is 3.14. The van der Waals surface area contributed by atoms with Crippen LogP contribution < -0.4 is 11.3 Å². The number of aromatic nitrogens is 1. The van der Waals surface area contributed by atoms with Gasteiger partial charge in [-0.3, -0.25) is 4.79 Å². The summed E-state index contributed by atoms with van der Waals surface area (Å²) in [7, 11) is 0. The molecule has 1 amide bonds. The van der Waals surface area contributed by atoms with Crippen molar-refractivity contribution >= 4 is 11.7 Å². The Labute approximate surface area is 94.6 Å². The zero-order chi connectivity index (χ0) is 11.5. The summed E-state index contributed by atoms with van der Waals surface area (Å²) in [5, 5.41) is 0. The third kappa shape index (κ3) is 1.99. The number of carbonyl (C=O) groups is 1. The zero-order valence-electron chi connectivity index (χ0n) is 9.31. The molecule has 1 aromatic rings. The van der Waals surface area contributed by atoms with E-state index in [4.69, 9.17) is 5.84 Å². The largest absolute Gasteiger partial charge is 0.336 e. The predicted molar refractivity (Wildman–Crippen MR) is 61.8 cm³/mol. The van der Waals surface area contributed by atoms with E-state index in [1.807, 2.05) is 11.8 Å². The van der Waals surface area contributed by atoms with Crippen molar-refractivity contribution in [2.75, 3.05) is 12.0 Å². The molecule has 0 bridgehead atoms. The van der Waals surface area contributed by atoms with Crippen LogP contribution in [0, 0.1) is 0 Å². The molecule has 1 heterocycles. The van der Waals surface area contributed by atoms with Crippen LogP contribution in [0.4, 0.5) is 5.82 Å². The van der Waals surface area contributed by atoms with Crippen molar-refractivity contribution in [1.82, 2.24) is 9.88 Å². The molecule has 1 saturated carbocycles. The van der Waals surface area contributed by atoms with Gasteiger partial charge in [0.05, 0.1) is 5.56 Å². The normalized spacial score (nSPS) is 14.6. The van der Waals surface area contributed by atoms with Gasteiger partial charge >= 0.3 is 0 Å². The summed E-state index contributed by atoms with van der Waals surface area (Å²) in [5.74, 6) is 5.78. The van der Waals surface area contributed by atoms with Gasteiger partial charge in [-0.15, -0.1) is 0 Å². The van der Waals surface area contributed by atoms with Gasteiger partial charge in [-0.1, -0.05) is 0 Å². The van der Waals surface area contributed by atoms with E-state index in [9.17, 15) is 4.79 Å². The molecular formula is C11H16N4O. The van der Waals surface area contributed by atoms with Crippen LogP contribution in [0.2, 0.25) is 0 Å². The number of hydrazine groups is 1. The first kappa shape index (κ1) is 10.9. The lowest BCUT2D eigenvalue weighted by molar-refractivity contribution is 0.0753. The van der Waals surface area contributed by atoms with Crippen molar-refractivity contribution < 1.29 is 4.79 Å². The molecule has 3 N–H and O–H groups in total. The molecule has 1 fully saturated rings. The molecule has 0 atom stereocenters. The number of nitrogens with one attached hydrogen (secondary N) is 1. The number of nitrogen functional groups attached to an aromatic ring is 1. The number of anilines is 1. The van der Waals surface area contributed by atoms with Gasteiger partial charge in [0.25, 0.3) is 5.91 Å². The number of hydrogen-bond donors (Lipinski definition) is 2. The van der Waals surface area contributed by atoms with Crippen LogP contribution in [-0.2, 0) is 0 Å². The molecule has 0 radical (unpaired) electrons.